The summed E-state index contributed by atoms with van der Waals surface area (Å²) >= 11 is 3.09. The van der Waals surface area contributed by atoms with E-state index >= 15 is 0 Å². The minimum atomic E-state index is -1.07. The van der Waals surface area contributed by atoms with Gasteiger partial charge in [0, 0.05) is 10.2 Å². The van der Waals surface area contributed by atoms with Crippen LogP contribution < -0.4 is 4.74 Å². The van der Waals surface area contributed by atoms with E-state index in [0.717, 1.165) is 11.8 Å². The Morgan fingerprint density at radius 2 is 1.85 bits per heavy atom. The largest absolute Gasteiger partial charge is 0.421 e. The van der Waals surface area contributed by atoms with Gasteiger partial charge in [0.25, 0.3) is 0 Å². The molecule has 2 aromatic rings. The molecule has 0 aliphatic rings. The van der Waals surface area contributed by atoms with Crippen molar-refractivity contribution in [3.05, 3.63) is 45.7 Å². The third kappa shape index (κ3) is 3.30. The van der Waals surface area contributed by atoms with Crippen LogP contribution in [-0.4, -0.2) is 9.97 Å². The van der Waals surface area contributed by atoms with Gasteiger partial charge in [-0.3, -0.25) is 0 Å². The maximum absolute atomic E-state index is 13.7. The zero-order chi connectivity index (χ0) is 14.9. The SMILES string of the molecule is Cc1cc(C(C)C)nc(Oc2cc(Br)cc(F)c2F)n1. The molecule has 0 unspecified atom stereocenters. The summed E-state index contributed by atoms with van der Waals surface area (Å²) in [6.45, 7) is 5.74. The van der Waals surface area contributed by atoms with Gasteiger partial charge in [0.2, 0.25) is 5.82 Å². The van der Waals surface area contributed by atoms with E-state index < -0.39 is 11.6 Å². The Labute approximate surface area is 124 Å². The molecule has 0 bridgehead atoms. The first-order valence-electron chi connectivity index (χ1n) is 6.05. The Morgan fingerprint density at radius 1 is 1.15 bits per heavy atom. The molecule has 3 nitrogen and oxygen atoms in total. The maximum atomic E-state index is 13.7. The number of ether oxygens (including phenoxy) is 1. The third-order valence-electron chi connectivity index (χ3n) is 2.61. The zero-order valence-electron chi connectivity index (χ0n) is 11.2. The Hall–Kier alpha value is -1.56. The number of nitrogens with zero attached hydrogens (tertiary/aromatic N) is 2. The van der Waals surface area contributed by atoms with Crippen LogP contribution in [0.15, 0.2) is 22.7 Å². The lowest BCUT2D eigenvalue weighted by molar-refractivity contribution is 0.389. The van der Waals surface area contributed by atoms with Gasteiger partial charge in [-0.1, -0.05) is 29.8 Å². The molecule has 0 spiro atoms. The van der Waals surface area contributed by atoms with Gasteiger partial charge in [-0.05, 0) is 31.0 Å². The average Bonchev–Trinajstić information content (AvgIpc) is 2.34. The predicted octanol–water partition coefficient (Wildman–Crippen LogP) is 4.74. The molecule has 0 fully saturated rings. The molecule has 0 N–H and O–H groups in total. The highest BCUT2D eigenvalue weighted by molar-refractivity contribution is 9.10. The molecule has 0 saturated carbocycles. The van der Waals surface area contributed by atoms with E-state index in [2.05, 4.69) is 25.9 Å². The zero-order valence-corrected chi connectivity index (χ0v) is 12.8. The number of aromatic nitrogens is 2. The first kappa shape index (κ1) is 14.8. The first-order chi connectivity index (χ1) is 9.36. The summed E-state index contributed by atoms with van der Waals surface area (Å²) in [5, 5.41) is 0. The van der Waals surface area contributed by atoms with Gasteiger partial charge >= 0.3 is 6.01 Å². The van der Waals surface area contributed by atoms with E-state index in [0.29, 0.717) is 10.2 Å². The lowest BCUT2D eigenvalue weighted by Crippen LogP contribution is -2.01. The summed E-state index contributed by atoms with van der Waals surface area (Å²) < 4.78 is 32.6. The van der Waals surface area contributed by atoms with Gasteiger partial charge < -0.3 is 4.74 Å². The molecule has 1 aromatic carbocycles. The summed E-state index contributed by atoms with van der Waals surface area (Å²) in [6, 6.07) is 4.19. The topological polar surface area (TPSA) is 35.0 Å². The molecule has 20 heavy (non-hydrogen) atoms. The van der Waals surface area contributed by atoms with E-state index in [-0.39, 0.29) is 17.7 Å². The minimum Gasteiger partial charge on any atom is -0.421 e. The maximum Gasteiger partial charge on any atom is 0.322 e. The van der Waals surface area contributed by atoms with Crippen molar-refractivity contribution in [2.75, 3.05) is 0 Å². The Bertz CT molecular complexity index is 647. The van der Waals surface area contributed by atoms with Crippen LogP contribution in [0.1, 0.15) is 31.2 Å². The van der Waals surface area contributed by atoms with Gasteiger partial charge in [-0.25, -0.2) is 9.37 Å². The molecule has 0 atom stereocenters. The van der Waals surface area contributed by atoms with Crippen molar-refractivity contribution < 1.29 is 13.5 Å². The van der Waals surface area contributed by atoms with Crippen LogP contribution in [0, 0.1) is 18.6 Å². The molecule has 0 saturated heterocycles. The Balaban J connectivity index is 2.40. The number of benzene rings is 1. The van der Waals surface area contributed by atoms with E-state index in [9.17, 15) is 8.78 Å². The third-order valence-corrected chi connectivity index (χ3v) is 3.06. The number of hydrogen-bond acceptors (Lipinski definition) is 3. The number of aryl methyl sites for hydroxylation is 1. The van der Waals surface area contributed by atoms with Crippen molar-refractivity contribution in [2.45, 2.75) is 26.7 Å². The smallest absolute Gasteiger partial charge is 0.322 e. The van der Waals surface area contributed by atoms with Crippen molar-refractivity contribution in [1.82, 2.24) is 9.97 Å². The number of rotatable bonds is 3. The second-order valence-corrected chi connectivity index (χ2v) is 5.59. The summed E-state index contributed by atoms with van der Waals surface area (Å²) in [6.07, 6.45) is 0. The van der Waals surface area contributed by atoms with Crippen LogP contribution in [0.25, 0.3) is 0 Å². The molecule has 2 rings (SSSR count). The molecule has 0 amide bonds. The van der Waals surface area contributed by atoms with Gasteiger partial charge in [0.1, 0.15) is 0 Å². The van der Waals surface area contributed by atoms with Gasteiger partial charge in [0.15, 0.2) is 11.6 Å². The minimum absolute atomic E-state index is 0.00472. The second kappa shape index (κ2) is 5.83. The van der Waals surface area contributed by atoms with Crippen LogP contribution in [0.5, 0.6) is 11.8 Å². The van der Waals surface area contributed by atoms with Crippen molar-refractivity contribution in [3.8, 4) is 11.8 Å². The predicted molar refractivity (Wildman–Crippen MR) is 75.0 cm³/mol. The van der Waals surface area contributed by atoms with E-state index in [1.807, 2.05) is 19.9 Å². The van der Waals surface area contributed by atoms with Gasteiger partial charge in [-0.2, -0.15) is 9.37 Å². The summed E-state index contributed by atoms with van der Waals surface area (Å²) in [5.41, 5.74) is 1.48. The van der Waals surface area contributed by atoms with Crippen LogP contribution in [-0.2, 0) is 0 Å². The summed E-state index contributed by atoms with van der Waals surface area (Å²) in [7, 11) is 0. The normalized spacial score (nSPS) is 10.9. The van der Waals surface area contributed by atoms with Crippen LogP contribution in [0.3, 0.4) is 0 Å². The van der Waals surface area contributed by atoms with Crippen molar-refractivity contribution in [2.24, 2.45) is 0 Å². The summed E-state index contributed by atoms with van der Waals surface area (Å²) in [5.74, 6) is -2.13. The van der Waals surface area contributed by atoms with Gasteiger partial charge in [0.05, 0.1) is 5.69 Å². The van der Waals surface area contributed by atoms with Crippen molar-refractivity contribution in [3.63, 3.8) is 0 Å². The molecule has 1 heterocycles. The molecule has 0 radical (unpaired) electrons. The van der Waals surface area contributed by atoms with E-state index in [1.54, 1.807) is 6.92 Å². The summed E-state index contributed by atoms with van der Waals surface area (Å²) in [4.78, 5) is 8.27. The number of halogens is 3. The van der Waals surface area contributed by atoms with Crippen LogP contribution in [0.4, 0.5) is 8.78 Å². The van der Waals surface area contributed by atoms with Gasteiger partial charge in [-0.15, -0.1) is 0 Å². The number of hydrogen-bond donors (Lipinski definition) is 0. The van der Waals surface area contributed by atoms with E-state index in [1.165, 1.54) is 6.07 Å². The molecule has 6 heteroatoms. The molecular weight excluding hydrogens is 330 g/mol. The Morgan fingerprint density at radius 3 is 2.50 bits per heavy atom. The first-order valence-corrected chi connectivity index (χ1v) is 6.84. The van der Waals surface area contributed by atoms with E-state index in [4.69, 9.17) is 4.74 Å². The van der Waals surface area contributed by atoms with Crippen LogP contribution >= 0.6 is 15.9 Å². The van der Waals surface area contributed by atoms with Crippen molar-refractivity contribution >= 4 is 15.9 Å². The lowest BCUT2D eigenvalue weighted by atomic mass is 10.1. The molecule has 1 aromatic heterocycles. The highest BCUT2D eigenvalue weighted by Crippen LogP contribution is 2.28. The van der Waals surface area contributed by atoms with Crippen LogP contribution in [0.2, 0.25) is 0 Å². The fourth-order valence-electron chi connectivity index (χ4n) is 1.61. The second-order valence-electron chi connectivity index (χ2n) is 4.67. The molecule has 106 valence electrons. The lowest BCUT2D eigenvalue weighted by Gasteiger charge is -2.10. The standard InChI is InChI=1S/C14H13BrF2N2O/c1-7(2)11-4-8(3)18-14(19-11)20-12-6-9(15)5-10(16)13(12)17/h4-7H,1-3H3. The Kier molecular flexibility index (Phi) is 4.32. The van der Waals surface area contributed by atoms with Crippen molar-refractivity contribution in [1.29, 1.82) is 0 Å². The fourth-order valence-corrected chi connectivity index (χ4v) is 2.02. The molecule has 0 aliphatic carbocycles. The molecule has 0 aliphatic heterocycles. The quantitative estimate of drug-likeness (QED) is 0.755. The highest BCUT2D eigenvalue weighted by atomic mass is 79.9. The molecular formula is C14H13BrF2N2O. The fraction of sp³-hybridized carbons (Fsp3) is 0.286. The average molecular weight is 343 g/mol. The highest BCUT2D eigenvalue weighted by Gasteiger charge is 2.14. The monoisotopic (exact) mass is 342 g/mol.